The summed E-state index contributed by atoms with van der Waals surface area (Å²) < 4.78 is 5.86. The first-order valence-corrected chi connectivity index (χ1v) is 11.8. The van der Waals surface area contributed by atoms with Crippen molar-refractivity contribution in [1.29, 1.82) is 0 Å². The number of rotatable bonds is 6. The van der Waals surface area contributed by atoms with Crippen molar-refractivity contribution in [2.45, 2.75) is 20.0 Å². The highest BCUT2D eigenvalue weighted by Crippen LogP contribution is 2.27. The molecule has 34 heavy (non-hydrogen) atoms. The second-order valence-electron chi connectivity index (χ2n) is 7.41. The van der Waals surface area contributed by atoms with E-state index in [0.717, 1.165) is 16.6 Å². The highest BCUT2D eigenvalue weighted by Gasteiger charge is 2.19. The Kier molecular flexibility index (Phi) is 6.11. The Bertz CT molecular complexity index is 1510. The molecule has 12 heteroatoms. The lowest BCUT2D eigenvalue weighted by molar-refractivity contribution is 0.102. The summed E-state index contributed by atoms with van der Waals surface area (Å²) in [5, 5.41) is 17.1. The summed E-state index contributed by atoms with van der Waals surface area (Å²) in [6, 6.07) is 10.8. The van der Waals surface area contributed by atoms with Crippen LogP contribution in [0.4, 0.5) is 5.82 Å². The van der Waals surface area contributed by atoms with Gasteiger partial charge in [0.1, 0.15) is 10.7 Å². The van der Waals surface area contributed by atoms with E-state index in [9.17, 15) is 4.79 Å². The van der Waals surface area contributed by atoms with Crippen LogP contribution >= 0.6 is 39.1 Å². The fourth-order valence-electron chi connectivity index (χ4n) is 3.43. The molecule has 1 amide bonds. The van der Waals surface area contributed by atoms with E-state index < -0.39 is 5.91 Å². The van der Waals surface area contributed by atoms with Crippen LogP contribution in [0.5, 0.6) is 0 Å². The molecule has 4 aromatic heterocycles. The van der Waals surface area contributed by atoms with Gasteiger partial charge in [-0.3, -0.25) is 14.2 Å². The van der Waals surface area contributed by atoms with Gasteiger partial charge in [-0.15, -0.1) is 0 Å². The number of halogens is 3. The van der Waals surface area contributed by atoms with Crippen molar-refractivity contribution in [3.8, 4) is 11.4 Å². The van der Waals surface area contributed by atoms with E-state index in [1.165, 1.54) is 0 Å². The molecule has 1 N–H and O–H groups in total. The van der Waals surface area contributed by atoms with Crippen LogP contribution in [0.25, 0.3) is 17.0 Å². The lowest BCUT2D eigenvalue weighted by Gasteiger charge is -2.02. The van der Waals surface area contributed by atoms with Crippen LogP contribution in [0.3, 0.4) is 0 Å². The third-order valence-corrected chi connectivity index (χ3v) is 6.19. The van der Waals surface area contributed by atoms with Crippen LogP contribution in [0, 0.1) is 0 Å². The molecule has 0 atom stereocenters. The molecule has 0 unspecified atom stereocenters. The van der Waals surface area contributed by atoms with Crippen molar-refractivity contribution >= 4 is 56.5 Å². The standard InChI is InChI=1S/C22H17BrCl2N8O/c1-2-31-11-15(23)20(29-31)18-7-8-26-19-9-17(28-33(18)19)22(34)27-21-16(25)12-32(30-21)10-13-3-5-14(24)6-4-13/h3-9,11-12H,2,10H2,1H3,(H,27,30,34). The van der Waals surface area contributed by atoms with Gasteiger partial charge < -0.3 is 5.32 Å². The van der Waals surface area contributed by atoms with Crippen molar-refractivity contribution in [2.75, 3.05) is 5.32 Å². The number of nitrogens with zero attached hydrogens (tertiary/aromatic N) is 7. The highest BCUT2D eigenvalue weighted by atomic mass is 79.9. The normalized spacial score (nSPS) is 11.3. The number of fused-ring (bicyclic) bond motifs is 1. The van der Waals surface area contributed by atoms with Crippen molar-refractivity contribution in [3.63, 3.8) is 0 Å². The van der Waals surface area contributed by atoms with Crippen molar-refractivity contribution < 1.29 is 4.79 Å². The van der Waals surface area contributed by atoms with Crippen LogP contribution in [-0.2, 0) is 13.1 Å². The minimum atomic E-state index is -0.451. The van der Waals surface area contributed by atoms with Crippen LogP contribution in [-0.4, -0.2) is 40.1 Å². The average Bonchev–Trinajstić information content (AvgIpc) is 3.52. The topological polar surface area (TPSA) is 94.9 Å². The maximum absolute atomic E-state index is 12.9. The maximum Gasteiger partial charge on any atom is 0.277 e. The zero-order valence-electron chi connectivity index (χ0n) is 17.8. The smallest absolute Gasteiger partial charge is 0.277 e. The summed E-state index contributed by atoms with van der Waals surface area (Å²) in [4.78, 5) is 17.3. The summed E-state index contributed by atoms with van der Waals surface area (Å²) in [6.07, 6.45) is 5.19. The molecule has 1 aromatic carbocycles. The molecular formula is C22H17BrCl2N8O. The number of amides is 1. The van der Waals surface area contributed by atoms with Gasteiger partial charge in [-0.2, -0.15) is 15.3 Å². The van der Waals surface area contributed by atoms with E-state index >= 15 is 0 Å². The van der Waals surface area contributed by atoms with Gasteiger partial charge >= 0.3 is 0 Å². The Balaban J connectivity index is 1.39. The van der Waals surface area contributed by atoms with Gasteiger partial charge in [0.05, 0.1) is 16.7 Å². The quantitative estimate of drug-likeness (QED) is 0.309. The Morgan fingerprint density at radius 3 is 2.59 bits per heavy atom. The molecular weight excluding hydrogens is 543 g/mol. The number of carbonyl (C=O) groups excluding carboxylic acids is 1. The number of aromatic nitrogens is 7. The summed E-state index contributed by atoms with van der Waals surface area (Å²) in [5.41, 5.74) is 3.09. The van der Waals surface area contributed by atoms with Gasteiger partial charge in [-0.25, -0.2) is 9.50 Å². The summed E-state index contributed by atoms with van der Waals surface area (Å²) in [7, 11) is 0. The molecule has 0 radical (unpaired) electrons. The predicted molar refractivity (Wildman–Crippen MR) is 133 cm³/mol. The van der Waals surface area contributed by atoms with Crippen LogP contribution in [0.2, 0.25) is 10.0 Å². The number of hydrogen-bond donors (Lipinski definition) is 1. The molecule has 0 saturated carbocycles. The first kappa shape index (κ1) is 22.6. The molecule has 0 aliphatic carbocycles. The lowest BCUT2D eigenvalue weighted by Crippen LogP contribution is -2.14. The van der Waals surface area contributed by atoms with Gasteiger partial charge in [0.2, 0.25) is 0 Å². The first-order valence-electron chi connectivity index (χ1n) is 10.3. The van der Waals surface area contributed by atoms with Crippen LogP contribution in [0.1, 0.15) is 23.0 Å². The van der Waals surface area contributed by atoms with Crippen LogP contribution in [0.15, 0.2) is 59.5 Å². The van der Waals surface area contributed by atoms with Gasteiger partial charge in [-0.1, -0.05) is 35.3 Å². The third-order valence-electron chi connectivity index (χ3n) is 5.08. The second kappa shape index (κ2) is 9.21. The monoisotopic (exact) mass is 558 g/mol. The largest absolute Gasteiger partial charge is 0.302 e. The van der Waals surface area contributed by atoms with Gasteiger partial charge in [0, 0.05) is 36.2 Å². The third kappa shape index (κ3) is 4.44. The Hall–Kier alpha value is -3.21. The average molecular weight is 560 g/mol. The number of nitrogens with one attached hydrogen (secondary N) is 1. The maximum atomic E-state index is 12.9. The van der Waals surface area contributed by atoms with E-state index in [-0.39, 0.29) is 11.5 Å². The SMILES string of the molecule is CCn1cc(Br)c(-c2ccnc3cc(C(=O)Nc4nn(Cc5ccc(Cl)cc5)cc4Cl)nn23)n1. The zero-order valence-corrected chi connectivity index (χ0v) is 20.9. The Morgan fingerprint density at radius 2 is 1.85 bits per heavy atom. The number of anilines is 1. The number of benzene rings is 1. The molecule has 9 nitrogen and oxygen atoms in total. The Morgan fingerprint density at radius 1 is 1.06 bits per heavy atom. The molecule has 0 fully saturated rings. The summed E-state index contributed by atoms with van der Waals surface area (Å²) in [5.74, 6) is -0.205. The van der Waals surface area contributed by atoms with Gasteiger partial charge in [-0.05, 0) is 46.6 Å². The lowest BCUT2D eigenvalue weighted by atomic mass is 10.2. The zero-order chi connectivity index (χ0) is 23.8. The van der Waals surface area contributed by atoms with Crippen molar-refractivity contribution in [3.05, 3.63) is 80.8 Å². The molecule has 0 aliphatic heterocycles. The van der Waals surface area contributed by atoms with E-state index in [0.29, 0.717) is 33.6 Å². The fourth-order valence-corrected chi connectivity index (χ4v) is 4.27. The Labute approximate surface area is 212 Å². The molecule has 5 aromatic rings. The van der Waals surface area contributed by atoms with E-state index in [1.807, 2.05) is 42.1 Å². The molecule has 4 heterocycles. The molecule has 0 bridgehead atoms. The number of carbonyl (C=O) groups is 1. The van der Waals surface area contributed by atoms with Crippen LogP contribution < -0.4 is 5.32 Å². The minimum Gasteiger partial charge on any atom is -0.302 e. The van der Waals surface area contributed by atoms with Crippen molar-refractivity contribution in [1.82, 2.24) is 34.2 Å². The minimum absolute atomic E-state index is 0.175. The van der Waals surface area contributed by atoms with Gasteiger partial charge in [0.25, 0.3) is 5.91 Å². The molecule has 172 valence electrons. The van der Waals surface area contributed by atoms with Gasteiger partial charge in [0.15, 0.2) is 17.2 Å². The fraction of sp³-hybridized carbons (Fsp3) is 0.136. The first-order chi connectivity index (χ1) is 16.4. The number of hydrogen-bond acceptors (Lipinski definition) is 5. The highest BCUT2D eigenvalue weighted by molar-refractivity contribution is 9.10. The van der Waals surface area contributed by atoms with E-state index in [4.69, 9.17) is 23.2 Å². The van der Waals surface area contributed by atoms with Crippen molar-refractivity contribution in [2.24, 2.45) is 0 Å². The predicted octanol–water partition coefficient (Wildman–Crippen LogP) is 5.18. The van der Waals surface area contributed by atoms with E-state index in [2.05, 4.69) is 41.5 Å². The molecule has 0 spiro atoms. The summed E-state index contributed by atoms with van der Waals surface area (Å²) in [6.45, 7) is 3.21. The summed E-state index contributed by atoms with van der Waals surface area (Å²) >= 11 is 15.8. The molecule has 5 rings (SSSR count). The number of aryl methyl sites for hydroxylation is 1. The second-order valence-corrected chi connectivity index (χ2v) is 9.11. The molecule has 0 aliphatic rings. The van der Waals surface area contributed by atoms with E-state index in [1.54, 1.807) is 33.7 Å². The molecule has 0 saturated heterocycles.